The molecule has 2 aromatic rings. The molecule has 1 aromatic heterocycles. The van der Waals surface area contributed by atoms with E-state index in [1.807, 2.05) is 11.8 Å². The van der Waals surface area contributed by atoms with E-state index in [4.69, 9.17) is 9.57 Å². The molecule has 1 aromatic carbocycles. The minimum absolute atomic E-state index is 0.0259. The molecule has 1 saturated carbocycles. The monoisotopic (exact) mass is 460 g/mol. The van der Waals surface area contributed by atoms with Gasteiger partial charge >= 0.3 is 5.97 Å². The number of carboxylic acids is 1. The molecule has 1 saturated heterocycles. The summed E-state index contributed by atoms with van der Waals surface area (Å²) in [4.78, 5) is 33.5. The lowest BCUT2D eigenvalue weighted by atomic mass is 10.1. The van der Waals surface area contributed by atoms with Crippen molar-refractivity contribution >= 4 is 28.3 Å². The van der Waals surface area contributed by atoms with Crippen LogP contribution in [0.25, 0.3) is 10.9 Å². The smallest absolute Gasteiger partial charge is 0.341 e. The van der Waals surface area contributed by atoms with Gasteiger partial charge in [-0.2, -0.15) is 0 Å². The molecule has 1 atom stereocenters. The summed E-state index contributed by atoms with van der Waals surface area (Å²) in [5.74, 6) is -1.65. The Morgan fingerprint density at radius 3 is 2.61 bits per heavy atom. The maximum atomic E-state index is 15.5. The van der Waals surface area contributed by atoms with Crippen molar-refractivity contribution in [2.24, 2.45) is 5.16 Å². The number of rotatable bonds is 7. The Bertz CT molecular complexity index is 1170. The van der Waals surface area contributed by atoms with E-state index >= 15 is 4.39 Å². The van der Waals surface area contributed by atoms with Gasteiger partial charge in [0.2, 0.25) is 5.43 Å². The van der Waals surface area contributed by atoms with E-state index in [-0.39, 0.29) is 28.8 Å². The average Bonchev–Trinajstić information content (AvgIpc) is 3.60. The quantitative estimate of drug-likeness (QED) is 0.501. The first-order chi connectivity index (χ1) is 15.8. The zero-order chi connectivity index (χ0) is 23.9. The van der Waals surface area contributed by atoms with Crippen molar-refractivity contribution in [1.82, 2.24) is 9.47 Å². The summed E-state index contributed by atoms with van der Waals surface area (Å²) < 4.78 is 22.9. The summed E-state index contributed by atoms with van der Waals surface area (Å²) in [7, 11) is 2.97. The first-order valence-electron chi connectivity index (χ1n) is 11.0. The SMILES string of the molecule is CO/N=C(\C)CN1CCN(c2c(F)cc3c(=O)c(C(=O)O)cn(C4CC4)c3c2OC)CC1C. The number of aromatic carboxylic acids is 1. The maximum Gasteiger partial charge on any atom is 0.341 e. The van der Waals surface area contributed by atoms with Crippen LogP contribution in [-0.2, 0) is 4.84 Å². The van der Waals surface area contributed by atoms with Crippen LogP contribution >= 0.6 is 0 Å². The second-order valence-corrected chi connectivity index (χ2v) is 8.73. The van der Waals surface area contributed by atoms with Crippen LogP contribution in [0, 0.1) is 5.82 Å². The number of hydrogen-bond acceptors (Lipinski definition) is 7. The highest BCUT2D eigenvalue weighted by molar-refractivity contribution is 5.97. The third kappa shape index (κ3) is 4.27. The van der Waals surface area contributed by atoms with Gasteiger partial charge in [0.05, 0.1) is 23.7 Å². The summed E-state index contributed by atoms with van der Waals surface area (Å²) >= 11 is 0. The number of piperazine rings is 1. The van der Waals surface area contributed by atoms with E-state index in [1.165, 1.54) is 20.4 Å². The summed E-state index contributed by atoms with van der Waals surface area (Å²) in [6.45, 7) is 6.42. The molecule has 2 aliphatic rings. The molecule has 1 N–H and O–H groups in total. The largest absolute Gasteiger partial charge is 0.492 e. The molecule has 178 valence electrons. The number of carbonyl (C=O) groups is 1. The lowest BCUT2D eigenvalue weighted by molar-refractivity contribution is 0.0694. The molecule has 0 spiro atoms. The van der Waals surface area contributed by atoms with E-state index in [0.717, 1.165) is 24.6 Å². The van der Waals surface area contributed by atoms with Crippen LogP contribution in [0.4, 0.5) is 10.1 Å². The highest BCUT2D eigenvalue weighted by atomic mass is 19.1. The molecule has 0 bridgehead atoms. The standard InChI is InChI=1S/C23H29FN4O5/c1-13(25-33-4)10-26-7-8-27(11-14(26)2)20-18(24)9-16-19(22(20)32-3)28(15-5-6-15)12-17(21(16)29)23(30)31/h9,12,14-15H,5-8,10-11H2,1-4H3,(H,30,31)/b25-13+. The highest BCUT2D eigenvalue weighted by Gasteiger charge is 2.33. The number of halogens is 1. The fraction of sp³-hybridized carbons (Fsp3) is 0.522. The number of nitrogens with zero attached hydrogens (tertiary/aromatic N) is 4. The van der Waals surface area contributed by atoms with E-state index < -0.39 is 17.2 Å². The van der Waals surface area contributed by atoms with Crippen molar-refractivity contribution in [2.45, 2.75) is 38.8 Å². The van der Waals surface area contributed by atoms with Crippen molar-refractivity contribution in [3.63, 3.8) is 0 Å². The number of fused-ring (bicyclic) bond motifs is 1. The van der Waals surface area contributed by atoms with Crippen molar-refractivity contribution < 1.29 is 23.9 Å². The lowest BCUT2D eigenvalue weighted by Gasteiger charge is -2.41. The number of ether oxygens (including phenoxy) is 1. The summed E-state index contributed by atoms with van der Waals surface area (Å²) in [6, 6.07) is 1.34. The van der Waals surface area contributed by atoms with Gasteiger partial charge in [0.15, 0.2) is 11.6 Å². The lowest BCUT2D eigenvalue weighted by Crippen LogP contribution is -2.53. The Balaban J connectivity index is 1.78. The number of oxime groups is 1. The Hall–Kier alpha value is -3.14. The summed E-state index contributed by atoms with van der Waals surface area (Å²) in [6.07, 6.45) is 3.10. The predicted octanol–water partition coefficient (Wildman–Crippen LogP) is 2.72. The van der Waals surface area contributed by atoms with Gasteiger partial charge in [0.25, 0.3) is 0 Å². The van der Waals surface area contributed by atoms with Crippen molar-refractivity contribution in [3.05, 3.63) is 33.9 Å². The van der Waals surface area contributed by atoms with Gasteiger partial charge in [0.1, 0.15) is 18.4 Å². The van der Waals surface area contributed by atoms with Crippen LogP contribution in [0.5, 0.6) is 5.75 Å². The number of anilines is 1. The van der Waals surface area contributed by atoms with Gasteiger partial charge in [-0.3, -0.25) is 9.69 Å². The predicted molar refractivity (Wildman–Crippen MR) is 123 cm³/mol. The maximum absolute atomic E-state index is 15.5. The number of hydrogen-bond donors (Lipinski definition) is 1. The molecule has 0 radical (unpaired) electrons. The van der Waals surface area contributed by atoms with Crippen molar-refractivity contribution in [2.75, 3.05) is 45.3 Å². The second kappa shape index (κ2) is 9.01. The number of methoxy groups -OCH3 is 1. The van der Waals surface area contributed by atoms with Gasteiger partial charge in [-0.25, -0.2) is 9.18 Å². The highest BCUT2D eigenvalue weighted by Crippen LogP contribution is 2.44. The van der Waals surface area contributed by atoms with Crippen LogP contribution in [0.15, 0.2) is 22.2 Å². The van der Waals surface area contributed by atoms with E-state index in [2.05, 4.69) is 17.0 Å². The number of aromatic nitrogens is 1. The van der Waals surface area contributed by atoms with E-state index in [9.17, 15) is 14.7 Å². The van der Waals surface area contributed by atoms with Crippen LogP contribution in [0.1, 0.15) is 43.1 Å². The molecule has 2 fully saturated rings. The van der Waals surface area contributed by atoms with Gasteiger partial charge in [0, 0.05) is 44.5 Å². The van der Waals surface area contributed by atoms with E-state index in [0.29, 0.717) is 37.4 Å². The fourth-order valence-electron chi connectivity index (χ4n) is 4.64. The third-order valence-corrected chi connectivity index (χ3v) is 6.33. The second-order valence-electron chi connectivity index (χ2n) is 8.73. The van der Waals surface area contributed by atoms with Gasteiger partial charge < -0.3 is 24.1 Å². The molecule has 4 rings (SSSR count). The molecular weight excluding hydrogens is 431 g/mol. The Labute approximate surface area is 191 Å². The Morgan fingerprint density at radius 1 is 1.30 bits per heavy atom. The molecule has 1 unspecified atom stereocenters. The Kier molecular flexibility index (Phi) is 6.29. The van der Waals surface area contributed by atoms with Crippen LogP contribution in [0.3, 0.4) is 0 Å². The molecule has 33 heavy (non-hydrogen) atoms. The number of benzene rings is 1. The van der Waals surface area contributed by atoms with Crippen molar-refractivity contribution in [3.8, 4) is 5.75 Å². The summed E-state index contributed by atoms with van der Waals surface area (Å²) in [5, 5.41) is 13.5. The molecular formula is C23H29FN4O5. The first-order valence-corrected chi connectivity index (χ1v) is 11.0. The topological polar surface area (TPSA) is 96.6 Å². The Morgan fingerprint density at radius 2 is 2.03 bits per heavy atom. The van der Waals surface area contributed by atoms with Crippen LogP contribution in [0.2, 0.25) is 0 Å². The molecule has 10 heteroatoms. The number of carboxylic acid groups (broad SMARTS) is 1. The fourth-order valence-corrected chi connectivity index (χ4v) is 4.64. The summed E-state index contributed by atoms with van der Waals surface area (Å²) in [5.41, 5.74) is 0.540. The number of pyridine rings is 1. The molecule has 2 heterocycles. The molecule has 1 aliphatic heterocycles. The molecule has 1 aliphatic carbocycles. The third-order valence-electron chi connectivity index (χ3n) is 6.33. The minimum Gasteiger partial charge on any atom is -0.492 e. The van der Waals surface area contributed by atoms with E-state index in [1.54, 1.807) is 4.57 Å². The first kappa shape index (κ1) is 23.0. The molecule has 9 nitrogen and oxygen atoms in total. The zero-order valence-electron chi connectivity index (χ0n) is 19.3. The van der Waals surface area contributed by atoms with Crippen LogP contribution < -0.4 is 15.1 Å². The molecule has 0 amide bonds. The van der Waals surface area contributed by atoms with Gasteiger partial charge in [-0.05, 0) is 32.8 Å². The zero-order valence-corrected chi connectivity index (χ0v) is 19.3. The normalized spacial score (nSPS) is 19.7. The van der Waals surface area contributed by atoms with Gasteiger partial charge in [-0.1, -0.05) is 5.16 Å². The van der Waals surface area contributed by atoms with Crippen molar-refractivity contribution in [1.29, 1.82) is 0 Å². The van der Waals surface area contributed by atoms with Gasteiger partial charge in [-0.15, -0.1) is 0 Å². The minimum atomic E-state index is -1.32. The van der Waals surface area contributed by atoms with Crippen LogP contribution in [-0.4, -0.2) is 72.7 Å². The average molecular weight is 461 g/mol.